The number of carbonyl (C=O) groups excluding carboxylic acids is 3. The molecule has 1 aromatic heterocycles. The second-order valence-corrected chi connectivity index (χ2v) is 10.2. The molecule has 170 valence electrons. The minimum atomic E-state index is -0.528. The summed E-state index contributed by atoms with van der Waals surface area (Å²) in [5.41, 5.74) is 0.842. The molecule has 0 spiro atoms. The fourth-order valence-electron chi connectivity index (χ4n) is 3.87. The highest BCUT2D eigenvalue weighted by Crippen LogP contribution is 2.35. The molecule has 1 aromatic carbocycles. The number of nitrogens with zero attached hydrogens (tertiary/aromatic N) is 2. The van der Waals surface area contributed by atoms with Crippen molar-refractivity contribution in [3.63, 3.8) is 0 Å². The minimum absolute atomic E-state index is 0.152. The Bertz CT molecular complexity index is 1010. The van der Waals surface area contributed by atoms with Crippen molar-refractivity contribution < 1.29 is 14.4 Å². The van der Waals surface area contributed by atoms with E-state index in [1.54, 1.807) is 29.4 Å². The highest BCUT2D eigenvalue weighted by Gasteiger charge is 2.51. The van der Waals surface area contributed by atoms with Gasteiger partial charge in [0, 0.05) is 30.5 Å². The van der Waals surface area contributed by atoms with E-state index in [2.05, 4.69) is 16.0 Å². The van der Waals surface area contributed by atoms with Gasteiger partial charge in [-0.2, -0.15) is 0 Å². The molecular formula is C21H24ClN5O3S2. The van der Waals surface area contributed by atoms with Crippen LogP contribution in [0, 0.1) is 5.92 Å². The quantitative estimate of drug-likeness (QED) is 0.572. The predicted octanol–water partition coefficient (Wildman–Crippen LogP) is 2.43. The van der Waals surface area contributed by atoms with Crippen LogP contribution in [0.3, 0.4) is 0 Å². The lowest BCUT2D eigenvalue weighted by Crippen LogP contribution is -2.72. The van der Waals surface area contributed by atoms with E-state index in [0.29, 0.717) is 11.6 Å². The van der Waals surface area contributed by atoms with Crippen molar-refractivity contribution in [2.45, 2.75) is 24.3 Å². The van der Waals surface area contributed by atoms with Gasteiger partial charge in [-0.1, -0.05) is 35.9 Å². The lowest BCUT2D eigenvalue weighted by Gasteiger charge is -2.50. The SMILES string of the molecule is CN1C(=O)C2C(SCC(=O)NCc3ccccc3Cl)NC(c3cccs3)NC2N(C)C1=O. The molecule has 2 aliphatic rings. The van der Waals surface area contributed by atoms with Crippen molar-refractivity contribution in [1.29, 1.82) is 0 Å². The van der Waals surface area contributed by atoms with Crippen LogP contribution in [-0.2, 0) is 16.1 Å². The lowest BCUT2D eigenvalue weighted by atomic mass is 9.97. The van der Waals surface area contributed by atoms with Gasteiger partial charge in [0.1, 0.15) is 0 Å². The van der Waals surface area contributed by atoms with E-state index in [1.807, 2.05) is 35.7 Å². The fraction of sp³-hybridized carbons (Fsp3) is 0.381. The van der Waals surface area contributed by atoms with Crippen LogP contribution in [0.5, 0.6) is 0 Å². The second-order valence-electron chi connectivity index (χ2n) is 7.64. The van der Waals surface area contributed by atoms with Gasteiger partial charge < -0.3 is 10.2 Å². The first-order valence-electron chi connectivity index (χ1n) is 10.1. The van der Waals surface area contributed by atoms with Crippen molar-refractivity contribution >= 4 is 52.5 Å². The zero-order valence-corrected chi connectivity index (χ0v) is 20.0. The van der Waals surface area contributed by atoms with E-state index in [-0.39, 0.29) is 35.1 Å². The molecule has 32 heavy (non-hydrogen) atoms. The summed E-state index contributed by atoms with van der Waals surface area (Å²) in [6, 6.07) is 11.0. The van der Waals surface area contributed by atoms with E-state index in [9.17, 15) is 14.4 Å². The number of fused-ring (bicyclic) bond motifs is 1. The Balaban J connectivity index is 1.46. The van der Waals surface area contributed by atoms with Gasteiger partial charge in [-0.05, 0) is 23.1 Å². The smallest absolute Gasteiger partial charge is 0.327 e. The number of halogens is 1. The van der Waals surface area contributed by atoms with Crippen molar-refractivity contribution in [2.75, 3.05) is 19.8 Å². The molecule has 0 aliphatic carbocycles. The number of thiophene rings is 1. The lowest BCUT2D eigenvalue weighted by molar-refractivity contribution is -0.140. The Morgan fingerprint density at radius 2 is 1.97 bits per heavy atom. The number of benzene rings is 1. The molecule has 2 aromatic rings. The van der Waals surface area contributed by atoms with Gasteiger partial charge in [0.2, 0.25) is 11.8 Å². The molecule has 8 nitrogen and oxygen atoms in total. The number of rotatable bonds is 6. The fourth-order valence-corrected chi connectivity index (χ4v) is 5.95. The summed E-state index contributed by atoms with van der Waals surface area (Å²) in [7, 11) is 3.17. The van der Waals surface area contributed by atoms with Crippen LogP contribution < -0.4 is 16.0 Å². The van der Waals surface area contributed by atoms with Crippen LogP contribution in [0.15, 0.2) is 41.8 Å². The minimum Gasteiger partial charge on any atom is -0.351 e. The number of nitrogens with one attached hydrogen (secondary N) is 3. The van der Waals surface area contributed by atoms with Crippen LogP contribution in [-0.4, -0.2) is 59.0 Å². The Labute approximate surface area is 199 Å². The van der Waals surface area contributed by atoms with Gasteiger partial charge in [-0.15, -0.1) is 23.1 Å². The van der Waals surface area contributed by atoms with Crippen molar-refractivity contribution in [2.24, 2.45) is 5.92 Å². The van der Waals surface area contributed by atoms with E-state index in [1.165, 1.54) is 18.8 Å². The summed E-state index contributed by atoms with van der Waals surface area (Å²) in [5.74, 6) is -0.783. The Kier molecular flexibility index (Phi) is 7.06. The molecule has 3 heterocycles. The number of amides is 4. The summed E-state index contributed by atoms with van der Waals surface area (Å²) < 4.78 is 0. The molecule has 4 amide bonds. The first kappa shape index (κ1) is 23.1. The van der Waals surface area contributed by atoms with Gasteiger partial charge in [-0.3, -0.25) is 25.1 Å². The third kappa shape index (κ3) is 4.65. The highest BCUT2D eigenvalue weighted by molar-refractivity contribution is 8.00. The van der Waals surface area contributed by atoms with E-state index < -0.39 is 12.1 Å². The number of thioether (sulfide) groups is 1. The largest absolute Gasteiger partial charge is 0.351 e. The summed E-state index contributed by atoms with van der Waals surface area (Å²) in [6.45, 7) is 0.335. The van der Waals surface area contributed by atoms with Gasteiger partial charge >= 0.3 is 6.03 Å². The van der Waals surface area contributed by atoms with Crippen LogP contribution in [0.2, 0.25) is 5.02 Å². The van der Waals surface area contributed by atoms with Gasteiger partial charge in [0.05, 0.1) is 29.4 Å². The molecule has 2 fully saturated rings. The number of hydrogen-bond acceptors (Lipinski definition) is 7. The average Bonchev–Trinajstić information content (AvgIpc) is 3.34. The van der Waals surface area contributed by atoms with Gasteiger partial charge in [0.25, 0.3) is 0 Å². The molecule has 0 saturated carbocycles. The normalized spacial score (nSPS) is 25.6. The maximum Gasteiger partial charge on any atom is 0.327 e. The van der Waals surface area contributed by atoms with Crippen molar-refractivity contribution in [1.82, 2.24) is 25.8 Å². The van der Waals surface area contributed by atoms with Crippen molar-refractivity contribution in [3.8, 4) is 0 Å². The van der Waals surface area contributed by atoms with Crippen LogP contribution >= 0.6 is 34.7 Å². The maximum absolute atomic E-state index is 13.0. The second kappa shape index (κ2) is 9.80. The molecular weight excluding hydrogens is 470 g/mol. The summed E-state index contributed by atoms with van der Waals surface area (Å²) in [6.07, 6.45) is -0.699. The third-order valence-electron chi connectivity index (χ3n) is 5.61. The first-order valence-corrected chi connectivity index (χ1v) is 12.4. The Morgan fingerprint density at radius 1 is 1.19 bits per heavy atom. The molecule has 4 rings (SSSR count). The van der Waals surface area contributed by atoms with Crippen LogP contribution in [0.4, 0.5) is 4.79 Å². The maximum atomic E-state index is 13.0. The number of carbonyl (C=O) groups is 3. The molecule has 0 radical (unpaired) electrons. The highest BCUT2D eigenvalue weighted by atomic mass is 35.5. The predicted molar refractivity (Wildman–Crippen MR) is 126 cm³/mol. The van der Waals surface area contributed by atoms with Gasteiger partial charge in [0.15, 0.2) is 0 Å². The summed E-state index contributed by atoms with van der Waals surface area (Å²) in [5, 5.41) is 11.9. The van der Waals surface area contributed by atoms with Crippen molar-refractivity contribution in [3.05, 3.63) is 57.2 Å². The standard InChI is InChI=1S/C21H24ClN5O3S2/c1-26-18-16(20(29)27(2)21(26)30)19(25-17(24-18)14-8-5-9-31-14)32-11-15(28)23-10-12-6-3-4-7-13(12)22/h3-9,16-19,24-25H,10-11H2,1-2H3,(H,23,28). The number of imide groups is 1. The molecule has 2 saturated heterocycles. The van der Waals surface area contributed by atoms with E-state index >= 15 is 0 Å². The summed E-state index contributed by atoms with van der Waals surface area (Å²) in [4.78, 5) is 41.7. The van der Waals surface area contributed by atoms with E-state index in [0.717, 1.165) is 15.3 Å². The van der Waals surface area contributed by atoms with E-state index in [4.69, 9.17) is 11.6 Å². The van der Waals surface area contributed by atoms with Crippen LogP contribution in [0.1, 0.15) is 16.6 Å². The molecule has 3 N–H and O–H groups in total. The number of urea groups is 1. The molecule has 2 aliphatic heterocycles. The van der Waals surface area contributed by atoms with Gasteiger partial charge in [-0.25, -0.2) is 4.79 Å². The Hall–Kier alpha value is -2.11. The molecule has 4 atom stereocenters. The topological polar surface area (TPSA) is 93.8 Å². The first-order chi connectivity index (χ1) is 15.4. The zero-order chi connectivity index (χ0) is 22.8. The monoisotopic (exact) mass is 493 g/mol. The molecule has 0 bridgehead atoms. The number of hydrogen-bond donors (Lipinski definition) is 3. The summed E-state index contributed by atoms with van der Waals surface area (Å²) >= 11 is 9.10. The zero-order valence-electron chi connectivity index (χ0n) is 17.6. The Morgan fingerprint density at radius 3 is 2.69 bits per heavy atom. The average molecular weight is 494 g/mol. The van der Waals surface area contributed by atoms with Crippen LogP contribution in [0.25, 0.3) is 0 Å². The molecule has 4 unspecified atom stereocenters. The molecule has 11 heteroatoms. The third-order valence-corrected chi connectivity index (χ3v) is 8.14.